The molecule has 1 aliphatic heterocycles. The third-order valence-corrected chi connectivity index (χ3v) is 5.91. The van der Waals surface area contributed by atoms with E-state index in [2.05, 4.69) is 94.1 Å². The number of fused-ring (bicyclic) bond motifs is 1. The van der Waals surface area contributed by atoms with Crippen LogP contribution in [0.3, 0.4) is 0 Å². The second kappa shape index (κ2) is 6.90. The number of benzene rings is 2. The summed E-state index contributed by atoms with van der Waals surface area (Å²) in [6.45, 7) is 10.9. The Morgan fingerprint density at radius 1 is 1.04 bits per heavy atom. The van der Waals surface area contributed by atoms with Gasteiger partial charge in [-0.15, -0.1) is 0 Å². The molecule has 0 aromatic heterocycles. The monoisotopic (exact) mass is 349 g/mol. The molecule has 26 heavy (non-hydrogen) atoms. The number of para-hydroxylation sites is 1. The standard InChI is InChI=1S/C24H31NO/c1-6-12-18(2)22(26)25-21-16-11-10-15-20(21)24(5,17-23(25,3)4)19-13-8-7-9-14-19/h7-11,13-16,18H,6,12,17H2,1-5H3. The Labute approximate surface area is 158 Å². The Morgan fingerprint density at radius 3 is 2.31 bits per heavy atom. The van der Waals surface area contributed by atoms with Gasteiger partial charge in [0.1, 0.15) is 0 Å². The SMILES string of the molecule is CCCC(C)C(=O)N1c2ccccc2C(C)(c2ccccc2)CC1(C)C. The molecule has 0 radical (unpaired) electrons. The van der Waals surface area contributed by atoms with Gasteiger partial charge in [0.2, 0.25) is 5.91 Å². The number of hydrogen-bond acceptors (Lipinski definition) is 1. The first kappa shape index (κ1) is 18.7. The van der Waals surface area contributed by atoms with Crippen LogP contribution in [-0.2, 0) is 10.2 Å². The normalized spacial score (nSPS) is 22.6. The van der Waals surface area contributed by atoms with E-state index in [-0.39, 0.29) is 22.8 Å². The Morgan fingerprint density at radius 2 is 1.65 bits per heavy atom. The zero-order valence-electron chi connectivity index (χ0n) is 16.8. The number of carbonyl (C=O) groups excluding carboxylic acids is 1. The summed E-state index contributed by atoms with van der Waals surface area (Å²) in [6, 6.07) is 19.2. The van der Waals surface area contributed by atoms with Gasteiger partial charge in [0.25, 0.3) is 0 Å². The predicted octanol–water partition coefficient (Wildman–Crippen LogP) is 5.94. The van der Waals surface area contributed by atoms with Crippen LogP contribution in [0.1, 0.15) is 65.0 Å². The van der Waals surface area contributed by atoms with Gasteiger partial charge < -0.3 is 4.90 Å². The molecule has 0 saturated heterocycles. The fourth-order valence-corrected chi connectivity index (χ4v) is 4.76. The van der Waals surface area contributed by atoms with E-state index < -0.39 is 0 Å². The van der Waals surface area contributed by atoms with Crippen LogP contribution < -0.4 is 4.90 Å². The summed E-state index contributed by atoms with van der Waals surface area (Å²) in [6.07, 6.45) is 2.87. The lowest BCUT2D eigenvalue weighted by atomic mass is 9.65. The van der Waals surface area contributed by atoms with E-state index in [1.54, 1.807) is 0 Å². The molecule has 138 valence electrons. The zero-order valence-corrected chi connectivity index (χ0v) is 16.8. The number of nitrogens with zero attached hydrogens (tertiary/aromatic N) is 1. The Bertz CT molecular complexity index is 780. The molecule has 2 nitrogen and oxygen atoms in total. The van der Waals surface area contributed by atoms with Crippen molar-refractivity contribution in [2.24, 2.45) is 5.92 Å². The minimum Gasteiger partial charge on any atom is -0.306 e. The van der Waals surface area contributed by atoms with Crippen LogP contribution in [0, 0.1) is 5.92 Å². The molecular weight excluding hydrogens is 318 g/mol. The van der Waals surface area contributed by atoms with Gasteiger partial charge in [0, 0.05) is 22.6 Å². The minimum atomic E-state index is -0.238. The Hall–Kier alpha value is -2.09. The van der Waals surface area contributed by atoms with Crippen LogP contribution in [0.15, 0.2) is 54.6 Å². The molecule has 0 N–H and O–H groups in total. The maximum atomic E-state index is 13.3. The lowest BCUT2D eigenvalue weighted by Crippen LogP contribution is -2.57. The molecular formula is C24H31NO. The molecule has 3 rings (SSSR count). The number of anilines is 1. The largest absolute Gasteiger partial charge is 0.306 e. The number of rotatable bonds is 4. The molecule has 1 heterocycles. The molecule has 0 fully saturated rings. The van der Waals surface area contributed by atoms with Crippen molar-refractivity contribution in [2.75, 3.05) is 4.90 Å². The lowest BCUT2D eigenvalue weighted by molar-refractivity contribution is -0.123. The van der Waals surface area contributed by atoms with Crippen LogP contribution in [-0.4, -0.2) is 11.4 Å². The second-order valence-electron chi connectivity index (χ2n) is 8.57. The summed E-state index contributed by atoms with van der Waals surface area (Å²) in [5.74, 6) is 0.299. The molecule has 0 saturated carbocycles. The van der Waals surface area contributed by atoms with Crippen molar-refractivity contribution in [1.29, 1.82) is 0 Å². The van der Waals surface area contributed by atoms with Crippen molar-refractivity contribution >= 4 is 11.6 Å². The molecule has 0 spiro atoms. The fourth-order valence-electron chi connectivity index (χ4n) is 4.76. The molecule has 2 unspecified atom stereocenters. The van der Waals surface area contributed by atoms with Gasteiger partial charge in [-0.05, 0) is 43.9 Å². The first-order chi connectivity index (χ1) is 12.3. The van der Waals surface area contributed by atoms with Gasteiger partial charge in [-0.25, -0.2) is 0 Å². The minimum absolute atomic E-state index is 0.0495. The maximum absolute atomic E-state index is 13.3. The van der Waals surface area contributed by atoms with Crippen LogP contribution in [0.25, 0.3) is 0 Å². The molecule has 1 aliphatic rings. The van der Waals surface area contributed by atoms with Gasteiger partial charge in [0.15, 0.2) is 0 Å². The molecule has 2 aromatic carbocycles. The van der Waals surface area contributed by atoms with Gasteiger partial charge in [-0.3, -0.25) is 4.79 Å². The van der Waals surface area contributed by atoms with E-state index in [1.165, 1.54) is 11.1 Å². The lowest BCUT2D eigenvalue weighted by Gasteiger charge is -2.52. The van der Waals surface area contributed by atoms with Gasteiger partial charge >= 0.3 is 0 Å². The molecule has 2 aromatic rings. The number of amides is 1. The van der Waals surface area contributed by atoms with Crippen molar-refractivity contribution in [3.8, 4) is 0 Å². The van der Waals surface area contributed by atoms with Crippen molar-refractivity contribution in [3.05, 3.63) is 65.7 Å². The van der Waals surface area contributed by atoms with Crippen molar-refractivity contribution in [3.63, 3.8) is 0 Å². The highest BCUT2D eigenvalue weighted by Crippen LogP contribution is 2.50. The van der Waals surface area contributed by atoms with Crippen molar-refractivity contribution in [2.45, 2.75) is 64.8 Å². The summed E-state index contributed by atoms with van der Waals surface area (Å²) >= 11 is 0. The van der Waals surface area contributed by atoms with Gasteiger partial charge in [-0.2, -0.15) is 0 Å². The predicted molar refractivity (Wildman–Crippen MR) is 110 cm³/mol. The van der Waals surface area contributed by atoms with Crippen molar-refractivity contribution < 1.29 is 4.79 Å². The van der Waals surface area contributed by atoms with Gasteiger partial charge in [0.05, 0.1) is 0 Å². The summed E-state index contributed by atoms with van der Waals surface area (Å²) in [5.41, 5.74) is 3.30. The highest BCUT2D eigenvalue weighted by molar-refractivity contribution is 5.98. The quantitative estimate of drug-likeness (QED) is 0.668. The summed E-state index contributed by atoms with van der Waals surface area (Å²) in [7, 11) is 0. The summed E-state index contributed by atoms with van der Waals surface area (Å²) < 4.78 is 0. The van der Waals surface area contributed by atoms with Crippen LogP contribution in [0.2, 0.25) is 0 Å². The van der Waals surface area contributed by atoms with E-state index >= 15 is 0 Å². The van der Waals surface area contributed by atoms with Crippen molar-refractivity contribution in [1.82, 2.24) is 0 Å². The maximum Gasteiger partial charge on any atom is 0.230 e. The van der Waals surface area contributed by atoms with E-state index in [1.807, 2.05) is 0 Å². The third-order valence-electron chi connectivity index (χ3n) is 5.91. The number of hydrogen-bond donors (Lipinski definition) is 0. The van der Waals surface area contributed by atoms with E-state index in [0.29, 0.717) is 0 Å². The van der Waals surface area contributed by atoms with E-state index in [0.717, 1.165) is 24.9 Å². The Kier molecular flexibility index (Phi) is 4.96. The highest BCUT2D eigenvalue weighted by Gasteiger charge is 2.48. The highest BCUT2D eigenvalue weighted by atomic mass is 16.2. The molecule has 1 amide bonds. The van der Waals surface area contributed by atoms with Crippen LogP contribution in [0.5, 0.6) is 0 Å². The first-order valence-corrected chi connectivity index (χ1v) is 9.80. The van der Waals surface area contributed by atoms with E-state index in [9.17, 15) is 4.79 Å². The average Bonchev–Trinajstić information content (AvgIpc) is 2.62. The zero-order chi connectivity index (χ0) is 18.9. The van der Waals surface area contributed by atoms with Crippen LogP contribution in [0.4, 0.5) is 5.69 Å². The smallest absolute Gasteiger partial charge is 0.230 e. The molecule has 2 heteroatoms. The molecule has 0 bridgehead atoms. The number of carbonyl (C=O) groups is 1. The average molecular weight is 350 g/mol. The summed E-state index contributed by atoms with van der Waals surface area (Å²) in [4.78, 5) is 15.4. The fraction of sp³-hybridized carbons (Fsp3) is 0.458. The summed E-state index contributed by atoms with van der Waals surface area (Å²) in [5, 5.41) is 0. The topological polar surface area (TPSA) is 20.3 Å². The van der Waals surface area contributed by atoms with Crippen LogP contribution >= 0.6 is 0 Å². The van der Waals surface area contributed by atoms with E-state index in [4.69, 9.17) is 0 Å². The second-order valence-corrected chi connectivity index (χ2v) is 8.57. The Balaban J connectivity index is 2.15. The van der Waals surface area contributed by atoms with Gasteiger partial charge in [-0.1, -0.05) is 75.7 Å². The first-order valence-electron chi connectivity index (χ1n) is 9.80. The molecule has 2 atom stereocenters. The third kappa shape index (κ3) is 3.06. The molecule has 0 aliphatic carbocycles.